The van der Waals surface area contributed by atoms with Crippen LogP contribution in [-0.4, -0.2) is 12.1 Å². The summed E-state index contributed by atoms with van der Waals surface area (Å²) in [5, 5.41) is 1.31. The standard InChI is InChI=1S/C15H17NO/c1-3-10-9-16-14-8-12(17-2)6-7-13(14)15(10)11-4-5-11/h6-9,11H,3-5H2,1-2H3. The molecule has 2 aromatic rings. The van der Waals surface area contributed by atoms with E-state index in [-0.39, 0.29) is 0 Å². The van der Waals surface area contributed by atoms with Crippen LogP contribution in [0, 0.1) is 0 Å². The van der Waals surface area contributed by atoms with Gasteiger partial charge in [-0.25, -0.2) is 0 Å². The first-order valence-corrected chi connectivity index (χ1v) is 6.29. The topological polar surface area (TPSA) is 22.1 Å². The predicted molar refractivity (Wildman–Crippen MR) is 69.6 cm³/mol. The Morgan fingerprint density at radius 3 is 2.82 bits per heavy atom. The van der Waals surface area contributed by atoms with Gasteiger partial charge in [0, 0.05) is 17.6 Å². The first-order valence-electron chi connectivity index (χ1n) is 6.29. The number of nitrogens with zero attached hydrogens (tertiary/aromatic N) is 1. The average molecular weight is 227 g/mol. The molecule has 1 fully saturated rings. The number of aryl methyl sites for hydroxylation is 1. The first-order chi connectivity index (χ1) is 8.33. The monoisotopic (exact) mass is 227 g/mol. The maximum atomic E-state index is 5.25. The maximum absolute atomic E-state index is 5.25. The van der Waals surface area contributed by atoms with Crippen molar-refractivity contribution in [3.8, 4) is 5.75 Å². The van der Waals surface area contributed by atoms with Gasteiger partial charge >= 0.3 is 0 Å². The number of hydrogen-bond acceptors (Lipinski definition) is 2. The first kappa shape index (κ1) is 10.6. The molecular formula is C15H17NO. The second-order valence-corrected chi connectivity index (χ2v) is 4.71. The van der Waals surface area contributed by atoms with Gasteiger partial charge in [-0.2, -0.15) is 0 Å². The molecule has 2 heteroatoms. The number of hydrogen-bond donors (Lipinski definition) is 0. The van der Waals surface area contributed by atoms with Crippen molar-refractivity contribution in [2.45, 2.75) is 32.1 Å². The van der Waals surface area contributed by atoms with Gasteiger partial charge in [0.15, 0.2) is 0 Å². The number of rotatable bonds is 3. The normalized spacial score (nSPS) is 15.2. The van der Waals surface area contributed by atoms with Crippen molar-refractivity contribution in [1.29, 1.82) is 0 Å². The summed E-state index contributed by atoms with van der Waals surface area (Å²) in [5.74, 6) is 1.65. The minimum absolute atomic E-state index is 0.767. The van der Waals surface area contributed by atoms with E-state index < -0.39 is 0 Å². The molecule has 0 N–H and O–H groups in total. The minimum Gasteiger partial charge on any atom is -0.497 e. The molecule has 1 saturated carbocycles. The summed E-state index contributed by atoms with van der Waals surface area (Å²) in [5.41, 5.74) is 3.99. The third-order valence-electron chi connectivity index (χ3n) is 3.57. The van der Waals surface area contributed by atoms with Crippen LogP contribution in [-0.2, 0) is 6.42 Å². The highest BCUT2D eigenvalue weighted by atomic mass is 16.5. The molecule has 0 amide bonds. The molecule has 0 bridgehead atoms. The molecule has 2 nitrogen and oxygen atoms in total. The fourth-order valence-electron chi connectivity index (χ4n) is 2.50. The van der Waals surface area contributed by atoms with Crippen molar-refractivity contribution in [2.24, 2.45) is 0 Å². The van der Waals surface area contributed by atoms with Gasteiger partial charge in [-0.3, -0.25) is 4.98 Å². The van der Waals surface area contributed by atoms with Gasteiger partial charge in [0.1, 0.15) is 5.75 Å². The number of methoxy groups -OCH3 is 1. The third-order valence-corrected chi connectivity index (χ3v) is 3.57. The largest absolute Gasteiger partial charge is 0.497 e. The summed E-state index contributed by atoms with van der Waals surface area (Å²) in [7, 11) is 1.70. The fraction of sp³-hybridized carbons (Fsp3) is 0.400. The summed E-state index contributed by atoms with van der Waals surface area (Å²) < 4.78 is 5.25. The Morgan fingerprint density at radius 1 is 1.35 bits per heavy atom. The number of fused-ring (bicyclic) bond motifs is 1. The summed E-state index contributed by atoms with van der Waals surface area (Å²) in [6.07, 6.45) is 5.77. The van der Waals surface area contributed by atoms with Gasteiger partial charge in [0.2, 0.25) is 0 Å². The Hall–Kier alpha value is -1.57. The van der Waals surface area contributed by atoms with Crippen LogP contribution in [0.5, 0.6) is 5.75 Å². The molecule has 0 radical (unpaired) electrons. The zero-order chi connectivity index (χ0) is 11.8. The lowest BCUT2D eigenvalue weighted by atomic mass is 9.98. The van der Waals surface area contributed by atoms with Crippen LogP contribution in [0.2, 0.25) is 0 Å². The highest BCUT2D eigenvalue weighted by Crippen LogP contribution is 2.44. The van der Waals surface area contributed by atoms with Crippen molar-refractivity contribution >= 4 is 10.9 Å². The molecule has 88 valence electrons. The van der Waals surface area contributed by atoms with E-state index in [1.165, 1.54) is 29.4 Å². The predicted octanol–water partition coefficient (Wildman–Crippen LogP) is 3.68. The van der Waals surface area contributed by atoms with Crippen LogP contribution in [0.4, 0.5) is 0 Å². The van der Waals surface area contributed by atoms with Gasteiger partial charge in [-0.05, 0) is 48.4 Å². The molecule has 0 atom stereocenters. The van der Waals surface area contributed by atoms with Crippen molar-refractivity contribution < 1.29 is 4.74 Å². The lowest BCUT2D eigenvalue weighted by Gasteiger charge is -2.11. The van der Waals surface area contributed by atoms with Crippen molar-refractivity contribution in [1.82, 2.24) is 4.98 Å². The molecule has 0 saturated heterocycles. The maximum Gasteiger partial charge on any atom is 0.121 e. The van der Waals surface area contributed by atoms with Crippen LogP contribution in [0.25, 0.3) is 10.9 Å². The van der Waals surface area contributed by atoms with Crippen LogP contribution >= 0.6 is 0 Å². The second-order valence-electron chi connectivity index (χ2n) is 4.71. The SMILES string of the molecule is CCc1cnc2cc(OC)ccc2c1C1CC1. The summed E-state index contributed by atoms with van der Waals surface area (Å²) in [4.78, 5) is 4.55. The van der Waals surface area contributed by atoms with E-state index in [4.69, 9.17) is 4.74 Å². The van der Waals surface area contributed by atoms with Gasteiger partial charge in [-0.1, -0.05) is 6.92 Å². The smallest absolute Gasteiger partial charge is 0.121 e. The molecule has 1 aliphatic carbocycles. The molecule has 1 aromatic carbocycles. The second kappa shape index (κ2) is 4.02. The van der Waals surface area contributed by atoms with Crippen LogP contribution < -0.4 is 4.74 Å². The van der Waals surface area contributed by atoms with E-state index in [2.05, 4.69) is 18.0 Å². The Bertz CT molecular complexity index is 558. The lowest BCUT2D eigenvalue weighted by Crippen LogP contribution is -1.95. The summed E-state index contributed by atoms with van der Waals surface area (Å²) in [6.45, 7) is 2.21. The Balaban J connectivity index is 2.24. The van der Waals surface area contributed by atoms with E-state index in [1.807, 2.05) is 18.3 Å². The quantitative estimate of drug-likeness (QED) is 0.798. The third kappa shape index (κ3) is 1.78. The Labute approximate surface area is 102 Å². The highest BCUT2D eigenvalue weighted by Gasteiger charge is 2.27. The molecular weight excluding hydrogens is 210 g/mol. The average Bonchev–Trinajstić information content (AvgIpc) is 3.20. The highest BCUT2D eigenvalue weighted by molar-refractivity contribution is 5.85. The van der Waals surface area contributed by atoms with Crippen LogP contribution in [0.3, 0.4) is 0 Å². The summed E-state index contributed by atoms with van der Waals surface area (Å²) in [6, 6.07) is 6.23. The molecule has 0 aliphatic heterocycles. The zero-order valence-corrected chi connectivity index (χ0v) is 10.4. The molecule has 0 unspecified atom stereocenters. The molecule has 1 aliphatic rings. The zero-order valence-electron chi connectivity index (χ0n) is 10.4. The van der Waals surface area contributed by atoms with E-state index in [1.54, 1.807) is 7.11 Å². The number of aromatic nitrogens is 1. The van der Waals surface area contributed by atoms with Crippen molar-refractivity contribution in [2.75, 3.05) is 7.11 Å². The molecule has 3 rings (SSSR count). The van der Waals surface area contributed by atoms with Crippen LogP contribution in [0.15, 0.2) is 24.4 Å². The van der Waals surface area contributed by atoms with Gasteiger partial charge in [-0.15, -0.1) is 0 Å². The van der Waals surface area contributed by atoms with E-state index in [0.29, 0.717) is 0 Å². The Kier molecular flexibility index (Phi) is 2.50. The van der Waals surface area contributed by atoms with Crippen LogP contribution in [0.1, 0.15) is 36.8 Å². The fourth-order valence-corrected chi connectivity index (χ4v) is 2.50. The molecule has 17 heavy (non-hydrogen) atoms. The number of benzene rings is 1. The van der Waals surface area contributed by atoms with Gasteiger partial charge in [0.05, 0.1) is 12.6 Å². The van der Waals surface area contributed by atoms with Crippen molar-refractivity contribution in [3.05, 3.63) is 35.5 Å². The van der Waals surface area contributed by atoms with Crippen molar-refractivity contribution in [3.63, 3.8) is 0 Å². The van der Waals surface area contributed by atoms with Gasteiger partial charge < -0.3 is 4.74 Å². The number of ether oxygens (including phenoxy) is 1. The molecule has 1 heterocycles. The number of pyridine rings is 1. The Morgan fingerprint density at radius 2 is 2.18 bits per heavy atom. The summed E-state index contributed by atoms with van der Waals surface area (Å²) >= 11 is 0. The van der Waals surface area contributed by atoms with E-state index in [9.17, 15) is 0 Å². The van der Waals surface area contributed by atoms with E-state index in [0.717, 1.165) is 23.6 Å². The van der Waals surface area contributed by atoms with E-state index >= 15 is 0 Å². The lowest BCUT2D eigenvalue weighted by molar-refractivity contribution is 0.415. The van der Waals surface area contributed by atoms with Gasteiger partial charge in [0.25, 0.3) is 0 Å². The molecule has 1 aromatic heterocycles. The minimum atomic E-state index is 0.767. The molecule has 0 spiro atoms.